The number of rotatable bonds is 3. The molecule has 1 aliphatic heterocycles. The lowest BCUT2D eigenvalue weighted by Crippen LogP contribution is -2.35. The van der Waals surface area contributed by atoms with Crippen LogP contribution in [0.5, 0.6) is 0 Å². The average Bonchev–Trinajstić information content (AvgIpc) is 2.79. The quantitative estimate of drug-likeness (QED) is 0.861. The SMILES string of the molecule is CCc1ccc2[nH]c(C)c(CN3C[C@]4(C)C[C@@H]3CC(C)(C)C4)c(=O)c2c1. The first-order valence-corrected chi connectivity index (χ1v) is 10.1. The molecule has 2 heterocycles. The molecule has 2 atom stereocenters. The fraction of sp³-hybridized carbons (Fsp3) is 0.609. The zero-order valence-electron chi connectivity index (χ0n) is 16.9. The van der Waals surface area contributed by atoms with Crippen LogP contribution in [-0.2, 0) is 13.0 Å². The molecule has 140 valence electrons. The summed E-state index contributed by atoms with van der Waals surface area (Å²) in [5, 5.41) is 0.846. The lowest BCUT2D eigenvalue weighted by atomic mass is 9.65. The molecule has 1 aromatic carbocycles. The van der Waals surface area contributed by atoms with Gasteiger partial charge < -0.3 is 4.98 Å². The maximum atomic E-state index is 13.3. The minimum Gasteiger partial charge on any atom is -0.358 e. The van der Waals surface area contributed by atoms with E-state index in [1.54, 1.807) is 0 Å². The first-order chi connectivity index (χ1) is 12.2. The van der Waals surface area contributed by atoms with Crippen LogP contribution in [0, 0.1) is 17.8 Å². The van der Waals surface area contributed by atoms with Gasteiger partial charge in [-0.3, -0.25) is 9.69 Å². The van der Waals surface area contributed by atoms with Crippen LogP contribution in [-0.4, -0.2) is 22.5 Å². The third-order valence-corrected chi connectivity index (χ3v) is 6.67. The van der Waals surface area contributed by atoms with Crippen LogP contribution in [0.1, 0.15) is 63.8 Å². The van der Waals surface area contributed by atoms with Gasteiger partial charge in [0.15, 0.2) is 5.43 Å². The topological polar surface area (TPSA) is 36.1 Å². The van der Waals surface area contributed by atoms with E-state index in [0.29, 0.717) is 16.9 Å². The number of fused-ring (bicyclic) bond motifs is 3. The number of aromatic amines is 1. The number of aromatic nitrogens is 1. The van der Waals surface area contributed by atoms with Gasteiger partial charge in [0.1, 0.15) is 0 Å². The van der Waals surface area contributed by atoms with Crippen LogP contribution in [0.25, 0.3) is 10.9 Å². The molecule has 0 radical (unpaired) electrons. The molecule has 2 aromatic rings. The number of H-pyrrole nitrogens is 1. The molecule has 1 saturated heterocycles. The Kier molecular flexibility index (Phi) is 4.07. The molecular formula is C23H32N2O. The van der Waals surface area contributed by atoms with Crippen molar-refractivity contribution in [2.24, 2.45) is 10.8 Å². The predicted octanol–water partition coefficient (Wildman–Crippen LogP) is 4.80. The van der Waals surface area contributed by atoms with Crippen molar-refractivity contribution in [3.63, 3.8) is 0 Å². The largest absolute Gasteiger partial charge is 0.358 e. The summed E-state index contributed by atoms with van der Waals surface area (Å²) in [5.74, 6) is 0. The predicted molar refractivity (Wildman–Crippen MR) is 109 cm³/mol. The van der Waals surface area contributed by atoms with Gasteiger partial charge in [0.25, 0.3) is 0 Å². The number of pyridine rings is 1. The Morgan fingerprint density at radius 3 is 2.73 bits per heavy atom. The van der Waals surface area contributed by atoms with E-state index in [4.69, 9.17) is 0 Å². The van der Waals surface area contributed by atoms with Gasteiger partial charge in [0.05, 0.1) is 0 Å². The Bertz CT molecular complexity index is 910. The summed E-state index contributed by atoms with van der Waals surface area (Å²) < 4.78 is 0. The zero-order chi connectivity index (χ0) is 18.7. The van der Waals surface area contributed by atoms with Gasteiger partial charge in [-0.05, 0) is 61.1 Å². The summed E-state index contributed by atoms with van der Waals surface area (Å²) in [6, 6.07) is 6.85. The summed E-state index contributed by atoms with van der Waals surface area (Å²) in [6.07, 6.45) is 4.77. The lowest BCUT2D eigenvalue weighted by molar-refractivity contribution is 0.126. The van der Waals surface area contributed by atoms with E-state index in [0.717, 1.165) is 41.7 Å². The fourth-order valence-electron chi connectivity index (χ4n) is 5.87. The van der Waals surface area contributed by atoms with Crippen LogP contribution in [0.15, 0.2) is 23.0 Å². The van der Waals surface area contributed by atoms with Crippen molar-refractivity contribution in [1.29, 1.82) is 0 Å². The van der Waals surface area contributed by atoms with Crippen molar-refractivity contribution in [2.75, 3.05) is 6.54 Å². The lowest BCUT2D eigenvalue weighted by Gasteiger charge is -2.40. The molecule has 2 bridgehead atoms. The van der Waals surface area contributed by atoms with Gasteiger partial charge in [-0.1, -0.05) is 33.8 Å². The molecule has 0 unspecified atom stereocenters. The molecule has 0 spiro atoms. The number of benzene rings is 1. The highest BCUT2D eigenvalue weighted by molar-refractivity contribution is 5.80. The van der Waals surface area contributed by atoms with Gasteiger partial charge in [-0.2, -0.15) is 0 Å². The number of hydrogen-bond acceptors (Lipinski definition) is 2. The fourth-order valence-corrected chi connectivity index (χ4v) is 5.87. The first kappa shape index (κ1) is 17.8. The van der Waals surface area contributed by atoms with Gasteiger partial charge in [0, 0.05) is 41.3 Å². The highest BCUT2D eigenvalue weighted by atomic mass is 16.1. The molecule has 1 saturated carbocycles. The van der Waals surface area contributed by atoms with Crippen LogP contribution >= 0.6 is 0 Å². The number of hydrogen-bond donors (Lipinski definition) is 1. The third kappa shape index (κ3) is 3.00. The molecule has 26 heavy (non-hydrogen) atoms. The highest BCUT2D eigenvalue weighted by Gasteiger charge is 2.49. The summed E-state index contributed by atoms with van der Waals surface area (Å²) in [6.45, 7) is 13.3. The molecule has 0 amide bonds. The van der Waals surface area contributed by atoms with E-state index in [-0.39, 0.29) is 5.43 Å². The average molecular weight is 353 g/mol. The second-order valence-electron chi connectivity index (χ2n) is 9.91. The van der Waals surface area contributed by atoms with Gasteiger partial charge in [-0.15, -0.1) is 0 Å². The molecule has 1 aliphatic carbocycles. The summed E-state index contributed by atoms with van der Waals surface area (Å²) in [5.41, 5.74) is 5.20. The summed E-state index contributed by atoms with van der Waals surface area (Å²) in [4.78, 5) is 19.3. The molecule has 1 N–H and O–H groups in total. The number of aryl methyl sites for hydroxylation is 2. The van der Waals surface area contributed by atoms with Gasteiger partial charge in [-0.25, -0.2) is 0 Å². The van der Waals surface area contributed by atoms with E-state index >= 15 is 0 Å². The zero-order valence-corrected chi connectivity index (χ0v) is 16.9. The highest BCUT2D eigenvalue weighted by Crippen LogP contribution is 2.52. The molecule has 4 rings (SSSR count). The Balaban J connectivity index is 1.71. The molecular weight excluding hydrogens is 320 g/mol. The minimum atomic E-state index is 0.220. The Labute approximate surface area is 156 Å². The molecule has 2 fully saturated rings. The van der Waals surface area contributed by atoms with E-state index in [1.165, 1.54) is 24.8 Å². The van der Waals surface area contributed by atoms with Crippen molar-refractivity contribution >= 4 is 10.9 Å². The van der Waals surface area contributed by atoms with Gasteiger partial charge in [0.2, 0.25) is 0 Å². The summed E-state index contributed by atoms with van der Waals surface area (Å²) in [7, 11) is 0. The number of likely N-dealkylation sites (tertiary alicyclic amines) is 1. The Morgan fingerprint density at radius 2 is 2.00 bits per heavy atom. The first-order valence-electron chi connectivity index (χ1n) is 10.1. The van der Waals surface area contributed by atoms with E-state index < -0.39 is 0 Å². The minimum absolute atomic E-state index is 0.220. The van der Waals surface area contributed by atoms with Crippen LogP contribution in [0.4, 0.5) is 0 Å². The smallest absolute Gasteiger partial charge is 0.194 e. The van der Waals surface area contributed by atoms with Crippen LogP contribution in [0.2, 0.25) is 0 Å². The number of nitrogens with zero attached hydrogens (tertiary/aromatic N) is 1. The Hall–Kier alpha value is -1.61. The van der Waals surface area contributed by atoms with E-state index in [2.05, 4.69) is 62.7 Å². The molecule has 1 aromatic heterocycles. The van der Waals surface area contributed by atoms with E-state index in [9.17, 15) is 4.79 Å². The Morgan fingerprint density at radius 1 is 1.23 bits per heavy atom. The van der Waals surface area contributed by atoms with Crippen molar-refractivity contribution in [3.8, 4) is 0 Å². The van der Waals surface area contributed by atoms with Crippen molar-refractivity contribution in [2.45, 2.75) is 72.9 Å². The second kappa shape index (κ2) is 5.95. The van der Waals surface area contributed by atoms with Crippen LogP contribution < -0.4 is 5.43 Å². The maximum Gasteiger partial charge on any atom is 0.194 e. The third-order valence-electron chi connectivity index (χ3n) is 6.67. The van der Waals surface area contributed by atoms with Gasteiger partial charge >= 0.3 is 0 Å². The van der Waals surface area contributed by atoms with E-state index in [1.807, 2.05) is 0 Å². The van der Waals surface area contributed by atoms with Crippen molar-refractivity contribution < 1.29 is 0 Å². The molecule has 3 heteroatoms. The number of nitrogens with one attached hydrogen (secondary N) is 1. The molecule has 3 nitrogen and oxygen atoms in total. The molecule has 2 aliphatic rings. The monoisotopic (exact) mass is 352 g/mol. The standard InChI is InChI=1S/C23H32N2O/c1-6-16-7-8-20-18(9-16)21(26)19(15(2)24-20)12-25-14-23(5)11-17(25)10-22(3,4)13-23/h7-9,17H,6,10-14H2,1-5H3,(H,24,26)/t17-,23+/m0/s1. The van der Waals surface area contributed by atoms with Crippen LogP contribution in [0.3, 0.4) is 0 Å². The second-order valence-corrected chi connectivity index (χ2v) is 9.91. The summed E-state index contributed by atoms with van der Waals surface area (Å²) >= 11 is 0. The van der Waals surface area contributed by atoms with Crippen molar-refractivity contribution in [1.82, 2.24) is 9.88 Å². The maximum absolute atomic E-state index is 13.3. The van der Waals surface area contributed by atoms with Crippen molar-refractivity contribution in [3.05, 3.63) is 45.2 Å². The normalized spacial score (nSPS) is 28.0.